The highest BCUT2D eigenvalue weighted by molar-refractivity contribution is 6.30. The predicted molar refractivity (Wildman–Crippen MR) is 128 cm³/mol. The van der Waals surface area contributed by atoms with E-state index in [-0.39, 0.29) is 16.9 Å². The molecule has 8 heteroatoms. The maximum Gasteiger partial charge on any atom is 0.306 e. The van der Waals surface area contributed by atoms with Crippen LogP contribution >= 0.6 is 11.6 Å². The summed E-state index contributed by atoms with van der Waals surface area (Å²) in [6.45, 7) is 1.40. The molecule has 1 aliphatic heterocycles. The van der Waals surface area contributed by atoms with E-state index in [0.717, 1.165) is 46.8 Å². The summed E-state index contributed by atoms with van der Waals surface area (Å²) in [5, 5.41) is 18.9. The van der Waals surface area contributed by atoms with Gasteiger partial charge in [0.15, 0.2) is 0 Å². The minimum absolute atomic E-state index is 0.0894. The van der Waals surface area contributed by atoms with Crippen LogP contribution in [0, 0.1) is 17.7 Å². The molecule has 2 aliphatic rings. The molecule has 0 spiro atoms. The zero-order valence-corrected chi connectivity index (χ0v) is 19.3. The topological polar surface area (TPSA) is 80.1 Å². The molecule has 176 valence electrons. The molecule has 4 aromatic rings. The number of halogens is 2. The van der Waals surface area contributed by atoms with E-state index < -0.39 is 11.8 Å². The number of hydrogen-bond acceptors (Lipinski definition) is 3. The van der Waals surface area contributed by atoms with Crippen LogP contribution in [0.1, 0.15) is 42.9 Å². The maximum absolute atomic E-state index is 14.1. The molecule has 2 fully saturated rings. The summed E-state index contributed by atoms with van der Waals surface area (Å²) < 4.78 is 22.0. The lowest BCUT2D eigenvalue weighted by molar-refractivity contribution is -0.146. The minimum Gasteiger partial charge on any atom is -0.481 e. The SMILES string of the molecule is O=C(O)C1CC(Cc2c(C3CCOCC3)n(-c3ccc(F)c(Cl)c3)c3cc4cn[nH]c4cc23)C1. The second kappa shape index (κ2) is 8.40. The molecule has 0 radical (unpaired) electrons. The van der Waals surface area contributed by atoms with Crippen LogP contribution in [-0.4, -0.2) is 39.1 Å². The van der Waals surface area contributed by atoms with Gasteiger partial charge in [-0.1, -0.05) is 11.6 Å². The van der Waals surface area contributed by atoms with Crippen LogP contribution in [0.15, 0.2) is 36.5 Å². The molecule has 34 heavy (non-hydrogen) atoms. The number of hydrogen-bond donors (Lipinski definition) is 2. The van der Waals surface area contributed by atoms with Gasteiger partial charge in [-0.05, 0) is 73.9 Å². The van der Waals surface area contributed by atoms with Gasteiger partial charge in [0, 0.05) is 41.3 Å². The van der Waals surface area contributed by atoms with E-state index in [1.54, 1.807) is 18.3 Å². The summed E-state index contributed by atoms with van der Waals surface area (Å²) in [6.07, 6.45) is 5.82. The molecule has 2 aromatic carbocycles. The second-order valence-electron chi connectivity index (χ2n) is 9.59. The number of carboxylic acid groups (broad SMARTS) is 1. The molecule has 3 heterocycles. The van der Waals surface area contributed by atoms with E-state index in [4.69, 9.17) is 16.3 Å². The third kappa shape index (κ3) is 3.58. The average molecular weight is 482 g/mol. The summed E-state index contributed by atoms with van der Waals surface area (Å²) in [4.78, 5) is 11.4. The Morgan fingerprint density at radius 3 is 2.76 bits per heavy atom. The molecule has 0 amide bonds. The van der Waals surface area contributed by atoms with Gasteiger partial charge in [-0.25, -0.2) is 4.39 Å². The van der Waals surface area contributed by atoms with Crippen molar-refractivity contribution in [3.05, 3.63) is 58.6 Å². The number of H-pyrrole nitrogens is 1. The van der Waals surface area contributed by atoms with E-state index in [0.29, 0.717) is 32.0 Å². The Morgan fingerprint density at radius 2 is 2.03 bits per heavy atom. The van der Waals surface area contributed by atoms with Crippen molar-refractivity contribution >= 4 is 39.4 Å². The molecule has 2 N–H and O–H groups in total. The fourth-order valence-corrected chi connectivity index (χ4v) is 5.89. The van der Waals surface area contributed by atoms with E-state index in [1.165, 1.54) is 17.3 Å². The smallest absolute Gasteiger partial charge is 0.306 e. The summed E-state index contributed by atoms with van der Waals surface area (Å²) in [7, 11) is 0. The van der Waals surface area contributed by atoms with Crippen molar-refractivity contribution < 1.29 is 19.0 Å². The highest BCUT2D eigenvalue weighted by atomic mass is 35.5. The van der Waals surface area contributed by atoms with E-state index >= 15 is 0 Å². The third-order valence-corrected chi connectivity index (χ3v) is 7.81. The second-order valence-corrected chi connectivity index (χ2v) is 9.99. The quantitative estimate of drug-likeness (QED) is 0.375. The molecule has 1 saturated heterocycles. The van der Waals surface area contributed by atoms with E-state index in [2.05, 4.69) is 26.9 Å². The maximum atomic E-state index is 14.1. The van der Waals surface area contributed by atoms with E-state index in [9.17, 15) is 14.3 Å². The van der Waals surface area contributed by atoms with Gasteiger partial charge in [0.05, 0.1) is 28.2 Å². The van der Waals surface area contributed by atoms with Crippen LogP contribution in [0.3, 0.4) is 0 Å². The molecular formula is C26H25ClFN3O3. The lowest BCUT2D eigenvalue weighted by Crippen LogP contribution is -2.31. The van der Waals surface area contributed by atoms with Crippen molar-refractivity contribution in [3.8, 4) is 5.69 Å². The molecule has 0 atom stereocenters. The fraction of sp³-hybridized carbons (Fsp3) is 0.385. The zero-order chi connectivity index (χ0) is 23.4. The molecule has 1 saturated carbocycles. The van der Waals surface area contributed by atoms with Crippen LogP contribution in [0.25, 0.3) is 27.5 Å². The van der Waals surface area contributed by atoms with Crippen LogP contribution < -0.4 is 0 Å². The number of nitrogens with one attached hydrogen (secondary N) is 1. The minimum atomic E-state index is -0.705. The van der Waals surface area contributed by atoms with Crippen molar-refractivity contribution in [3.63, 3.8) is 0 Å². The van der Waals surface area contributed by atoms with Crippen molar-refractivity contribution in [1.29, 1.82) is 0 Å². The normalized spacial score (nSPS) is 21.2. The Bertz CT molecular complexity index is 1400. The van der Waals surface area contributed by atoms with Crippen molar-refractivity contribution in [2.24, 2.45) is 11.8 Å². The molecule has 0 unspecified atom stereocenters. The number of benzene rings is 2. The van der Waals surface area contributed by atoms with Gasteiger partial charge in [0.1, 0.15) is 5.82 Å². The molecule has 2 aromatic heterocycles. The van der Waals surface area contributed by atoms with Gasteiger partial charge in [0.2, 0.25) is 0 Å². The highest BCUT2D eigenvalue weighted by Crippen LogP contribution is 2.44. The van der Waals surface area contributed by atoms with Gasteiger partial charge in [-0.3, -0.25) is 9.89 Å². The van der Waals surface area contributed by atoms with Crippen molar-refractivity contribution in [2.75, 3.05) is 13.2 Å². The van der Waals surface area contributed by atoms with E-state index in [1.807, 2.05) is 0 Å². The molecule has 0 bridgehead atoms. The molecule has 6 nitrogen and oxygen atoms in total. The van der Waals surface area contributed by atoms with Crippen LogP contribution in [0.5, 0.6) is 0 Å². The van der Waals surface area contributed by atoms with Crippen LogP contribution in [0.2, 0.25) is 5.02 Å². The first kappa shape index (κ1) is 21.6. The zero-order valence-electron chi connectivity index (χ0n) is 18.6. The summed E-state index contributed by atoms with van der Waals surface area (Å²) in [6, 6.07) is 9.14. The summed E-state index contributed by atoms with van der Waals surface area (Å²) in [5.41, 5.74) is 5.26. The summed E-state index contributed by atoms with van der Waals surface area (Å²) in [5.74, 6) is -0.788. The Balaban J connectivity index is 1.58. The fourth-order valence-electron chi connectivity index (χ4n) is 5.72. The Morgan fingerprint density at radius 1 is 1.24 bits per heavy atom. The van der Waals surface area contributed by atoms with Gasteiger partial charge >= 0.3 is 5.97 Å². The summed E-state index contributed by atoms with van der Waals surface area (Å²) >= 11 is 6.22. The lowest BCUT2D eigenvalue weighted by Gasteiger charge is -2.33. The first-order valence-corrected chi connectivity index (χ1v) is 12.1. The molecule has 1 aliphatic carbocycles. The highest BCUT2D eigenvalue weighted by Gasteiger charge is 2.36. The van der Waals surface area contributed by atoms with Crippen LogP contribution in [0.4, 0.5) is 4.39 Å². The molecular weight excluding hydrogens is 457 g/mol. The van der Waals surface area contributed by atoms with Crippen molar-refractivity contribution in [2.45, 2.75) is 38.0 Å². The Hall–Kier alpha value is -2.90. The number of fused-ring (bicyclic) bond motifs is 2. The average Bonchev–Trinajstić information content (AvgIpc) is 3.38. The number of carboxylic acids is 1. The van der Waals surface area contributed by atoms with Gasteiger partial charge in [0.25, 0.3) is 0 Å². The molecule has 6 rings (SSSR count). The number of carbonyl (C=O) groups is 1. The Labute approximate surface area is 200 Å². The van der Waals surface area contributed by atoms with Gasteiger partial charge in [-0.2, -0.15) is 5.10 Å². The monoisotopic (exact) mass is 481 g/mol. The van der Waals surface area contributed by atoms with Gasteiger partial charge < -0.3 is 14.4 Å². The number of aromatic amines is 1. The third-order valence-electron chi connectivity index (χ3n) is 7.52. The number of aromatic nitrogens is 3. The number of rotatable bonds is 5. The number of aliphatic carboxylic acids is 1. The van der Waals surface area contributed by atoms with Crippen molar-refractivity contribution in [1.82, 2.24) is 14.8 Å². The first-order valence-electron chi connectivity index (χ1n) is 11.8. The standard InChI is InChI=1S/C26H25ClFN3O3/c27-21-11-18(1-2-22(21)28)31-24-10-17-13-29-30-23(17)12-19(24)20(9-14-7-16(8-14)26(32)33)25(31)15-3-5-34-6-4-15/h1-2,10-16H,3-9H2,(H,29,30)(H,32,33). The van der Waals surface area contributed by atoms with Crippen LogP contribution in [-0.2, 0) is 16.0 Å². The number of nitrogens with zero attached hydrogens (tertiary/aromatic N) is 2. The number of ether oxygens (including phenoxy) is 1. The predicted octanol–water partition coefficient (Wildman–Crippen LogP) is 5.85. The van der Waals surface area contributed by atoms with Gasteiger partial charge in [-0.15, -0.1) is 0 Å². The Kier molecular flexibility index (Phi) is 5.34. The largest absolute Gasteiger partial charge is 0.481 e. The lowest BCUT2D eigenvalue weighted by atomic mass is 9.71. The first-order chi connectivity index (χ1) is 16.5.